The minimum absolute atomic E-state index is 0.115. The molecule has 33 heavy (non-hydrogen) atoms. The van der Waals surface area contributed by atoms with Crippen LogP contribution < -0.4 is 28.7 Å². The topological polar surface area (TPSA) is 288 Å². The van der Waals surface area contributed by atoms with Gasteiger partial charge in [0.2, 0.25) is 0 Å². The fourth-order valence-electron chi connectivity index (χ4n) is 4.45. The molecule has 0 bridgehead atoms. The molecular formula is C18H37N5O10. The molecule has 2 saturated heterocycles. The Balaban J connectivity index is 1.72. The molecule has 0 aromatic rings. The maximum atomic E-state index is 11.0. The molecule has 3 fully saturated rings. The lowest BCUT2D eigenvalue weighted by Crippen LogP contribution is -2.69. The number of aliphatic hydroxyl groups is 6. The SMILES string of the molecule is NC[C@H]1O[C@H](O[C@@H]2[C@@H](O)[C@H](O[C@@H]3O[C@@H](CO)[C@H](O)[C@@H](N)[C@@H]3O)[C@@H](N)C[C@H]2N)[C@H](N)[C@@H](O)[C@@H]1O. The normalized spacial score (nSPS) is 53.7. The highest BCUT2D eigenvalue weighted by Crippen LogP contribution is 2.30. The van der Waals surface area contributed by atoms with E-state index in [1.165, 1.54) is 0 Å². The van der Waals surface area contributed by atoms with E-state index in [9.17, 15) is 30.6 Å². The van der Waals surface area contributed by atoms with Gasteiger partial charge in [0.25, 0.3) is 0 Å². The number of aliphatic hydroxyl groups excluding tert-OH is 6. The minimum atomic E-state index is -1.48. The van der Waals surface area contributed by atoms with Crippen molar-refractivity contribution in [2.75, 3.05) is 13.2 Å². The summed E-state index contributed by atoms with van der Waals surface area (Å²) in [4.78, 5) is 0. The predicted octanol–water partition coefficient (Wildman–Crippen LogP) is -7.33. The van der Waals surface area contributed by atoms with Crippen LogP contribution in [0.3, 0.4) is 0 Å². The zero-order chi connectivity index (χ0) is 24.6. The summed E-state index contributed by atoms with van der Waals surface area (Å²) >= 11 is 0. The summed E-state index contributed by atoms with van der Waals surface area (Å²) in [6.07, 6.45) is -13.9. The molecule has 16 N–H and O–H groups in total. The van der Waals surface area contributed by atoms with E-state index in [1.807, 2.05) is 0 Å². The highest BCUT2D eigenvalue weighted by molar-refractivity contribution is 5.01. The molecule has 0 aromatic heterocycles. The lowest BCUT2D eigenvalue weighted by molar-refractivity contribution is -0.318. The van der Waals surface area contributed by atoms with Gasteiger partial charge in [0.05, 0.1) is 18.7 Å². The highest BCUT2D eigenvalue weighted by Gasteiger charge is 2.51. The lowest BCUT2D eigenvalue weighted by Gasteiger charge is -2.48. The van der Waals surface area contributed by atoms with Crippen LogP contribution >= 0.6 is 0 Å². The molecule has 1 saturated carbocycles. The van der Waals surface area contributed by atoms with Crippen LogP contribution in [0.25, 0.3) is 0 Å². The first-order valence-corrected chi connectivity index (χ1v) is 10.9. The third kappa shape index (κ3) is 5.32. The minimum Gasteiger partial charge on any atom is -0.394 e. The van der Waals surface area contributed by atoms with E-state index in [-0.39, 0.29) is 13.0 Å². The Morgan fingerprint density at radius 2 is 1.21 bits per heavy atom. The Kier molecular flexibility index (Phi) is 8.99. The summed E-state index contributed by atoms with van der Waals surface area (Å²) in [7, 11) is 0. The van der Waals surface area contributed by atoms with Gasteiger partial charge in [0, 0.05) is 18.6 Å². The second-order valence-electron chi connectivity index (χ2n) is 8.88. The zero-order valence-electron chi connectivity index (χ0n) is 18.0. The second kappa shape index (κ2) is 11.0. The molecule has 3 rings (SSSR count). The number of hydrogen-bond acceptors (Lipinski definition) is 15. The number of ether oxygens (including phenoxy) is 4. The van der Waals surface area contributed by atoms with Crippen LogP contribution in [0.4, 0.5) is 0 Å². The van der Waals surface area contributed by atoms with Gasteiger partial charge in [-0.3, -0.25) is 0 Å². The van der Waals surface area contributed by atoms with Crippen LogP contribution in [-0.4, -0.2) is 135 Å². The van der Waals surface area contributed by atoms with Gasteiger partial charge >= 0.3 is 0 Å². The molecule has 194 valence electrons. The van der Waals surface area contributed by atoms with Gasteiger partial charge in [-0.05, 0) is 6.42 Å². The van der Waals surface area contributed by atoms with Crippen LogP contribution in [0.5, 0.6) is 0 Å². The Morgan fingerprint density at radius 1 is 0.667 bits per heavy atom. The summed E-state index contributed by atoms with van der Waals surface area (Å²) in [5.74, 6) is 0. The average Bonchev–Trinajstić information content (AvgIpc) is 2.79. The molecule has 0 unspecified atom stereocenters. The summed E-state index contributed by atoms with van der Waals surface area (Å²) < 4.78 is 22.5. The van der Waals surface area contributed by atoms with E-state index >= 15 is 0 Å². The Morgan fingerprint density at radius 3 is 1.76 bits per heavy atom. The number of rotatable bonds is 6. The van der Waals surface area contributed by atoms with Crippen molar-refractivity contribution in [2.24, 2.45) is 28.7 Å². The van der Waals surface area contributed by atoms with Crippen molar-refractivity contribution in [1.82, 2.24) is 0 Å². The van der Waals surface area contributed by atoms with Crippen LogP contribution in [0.1, 0.15) is 6.42 Å². The second-order valence-corrected chi connectivity index (χ2v) is 8.88. The van der Waals surface area contributed by atoms with E-state index in [0.717, 1.165) is 0 Å². The van der Waals surface area contributed by atoms with E-state index < -0.39 is 98.3 Å². The van der Waals surface area contributed by atoms with E-state index in [2.05, 4.69) is 0 Å². The summed E-state index contributed by atoms with van der Waals surface area (Å²) in [5, 5.41) is 60.9. The van der Waals surface area contributed by atoms with Crippen molar-refractivity contribution in [3.05, 3.63) is 0 Å². The monoisotopic (exact) mass is 483 g/mol. The highest BCUT2D eigenvalue weighted by atomic mass is 16.7. The van der Waals surface area contributed by atoms with Crippen LogP contribution in [0, 0.1) is 0 Å². The molecule has 3 aliphatic rings. The third-order valence-corrected chi connectivity index (χ3v) is 6.56. The fraction of sp³-hybridized carbons (Fsp3) is 1.00. The van der Waals surface area contributed by atoms with E-state index in [1.54, 1.807) is 0 Å². The smallest absolute Gasteiger partial charge is 0.186 e. The van der Waals surface area contributed by atoms with Crippen LogP contribution in [0.2, 0.25) is 0 Å². The first kappa shape index (κ1) is 27.0. The van der Waals surface area contributed by atoms with Crippen molar-refractivity contribution in [3.63, 3.8) is 0 Å². The van der Waals surface area contributed by atoms with Gasteiger partial charge in [-0.1, -0.05) is 0 Å². The largest absolute Gasteiger partial charge is 0.394 e. The molecule has 0 radical (unpaired) electrons. The van der Waals surface area contributed by atoms with Gasteiger partial charge < -0.3 is 78.3 Å². The molecular weight excluding hydrogens is 446 g/mol. The predicted molar refractivity (Wildman–Crippen MR) is 110 cm³/mol. The van der Waals surface area contributed by atoms with Crippen molar-refractivity contribution in [3.8, 4) is 0 Å². The maximum Gasteiger partial charge on any atom is 0.186 e. The van der Waals surface area contributed by atoms with Gasteiger partial charge in [0.15, 0.2) is 12.6 Å². The van der Waals surface area contributed by atoms with Gasteiger partial charge in [-0.25, -0.2) is 0 Å². The standard InChI is InChI=1S/C18H37N5O10/c19-2-6-11(26)12(27)9(23)17(30-6)32-15-4(20)1-5(21)16(14(15)29)33-18-13(28)8(22)10(25)7(3-24)31-18/h4-18,24-29H,1-3,19-23H2/t4-,5+,6-,7+,8-,9-,10+,11-,12-,13+,14-,15+,16-,17-,18+/m1/s1. The molecule has 0 spiro atoms. The van der Waals surface area contributed by atoms with Crippen LogP contribution in [0.15, 0.2) is 0 Å². The van der Waals surface area contributed by atoms with E-state index in [0.29, 0.717) is 0 Å². The zero-order valence-corrected chi connectivity index (χ0v) is 18.0. The Labute approximate surface area is 190 Å². The quantitative estimate of drug-likeness (QED) is 0.167. The van der Waals surface area contributed by atoms with Gasteiger partial charge in [-0.2, -0.15) is 0 Å². The molecule has 15 heteroatoms. The summed E-state index contributed by atoms with van der Waals surface area (Å²) in [5.41, 5.74) is 29.6. The van der Waals surface area contributed by atoms with Crippen LogP contribution in [-0.2, 0) is 18.9 Å². The van der Waals surface area contributed by atoms with Gasteiger partial charge in [0.1, 0.15) is 54.9 Å². The molecule has 2 heterocycles. The molecule has 2 aliphatic heterocycles. The number of nitrogens with two attached hydrogens (primary N) is 5. The maximum absolute atomic E-state index is 11.0. The first-order valence-electron chi connectivity index (χ1n) is 10.9. The fourth-order valence-corrected chi connectivity index (χ4v) is 4.45. The molecule has 15 nitrogen and oxygen atoms in total. The van der Waals surface area contributed by atoms with Crippen molar-refractivity contribution in [1.29, 1.82) is 0 Å². The summed E-state index contributed by atoms with van der Waals surface area (Å²) in [6, 6.07) is -3.92. The first-order chi connectivity index (χ1) is 15.5. The Bertz CT molecular complexity index is 585. The molecule has 0 aromatic carbocycles. The third-order valence-electron chi connectivity index (χ3n) is 6.56. The van der Waals surface area contributed by atoms with E-state index in [4.69, 9.17) is 47.6 Å². The molecule has 1 aliphatic carbocycles. The lowest BCUT2D eigenvalue weighted by atomic mass is 9.84. The van der Waals surface area contributed by atoms with Crippen molar-refractivity contribution in [2.45, 2.75) is 98.1 Å². The van der Waals surface area contributed by atoms with Crippen molar-refractivity contribution < 1.29 is 49.6 Å². The molecule has 15 atom stereocenters. The summed E-state index contributed by atoms with van der Waals surface area (Å²) in [6.45, 7) is -0.694. The molecule has 0 amide bonds. The van der Waals surface area contributed by atoms with Crippen molar-refractivity contribution >= 4 is 0 Å². The Hall–Kier alpha value is -0.600. The average molecular weight is 484 g/mol. The van der Waals surface area contributed by atoms with Gasteiger partial charge in [-0.15, -0.1) is 0 Å². The number of hydrogen-bond donors (Lipinski definition) is 11.